The minimum atomic E-state index is -1.26. The molecule has 68 heavy (non-hydrogen) atoms. The maximum Gasteiger partial charge on any atom is 0.328 e. The van der Waals surface area contributed by atoms with Crippen molar-refractivity contribution in [2.45, 2.75) is 63.5 Å². The molecule has 0 bridgehead atoms. The lowest BCUT2D eigenvalue weighted by Gasteiger charge is -2.41. The van der Waals surface area contributed by atoms with Gasteiger partial charge in [-0.2, -0.15) is 5.10 Å². The van der Waals surface area contributed by atoms with Gasteiger partial charge in [0.15, 0.2) is 5.65 Å². The van der Waals surface area contributed by atoms with Gasteiger partial charge in [0.2, 0.25) is 5.91 Å². The molecule has 1 saturated carbocycles. The smallest absolute Gasteiger partial charge is 0.328 e. The first-order valence-corrected chi connectivity index (χ1v) is 21.0. The fourth-order valence-corrected chi connectivity index (χ4v) is 7.26. The van der Waals surface area contributed by atoms with Crippen LogP contribution < -0.4 is 15.8 Å². The van der Waals surface area contributed by atoms with E-state index in [4.69, 9.17) is 46.2 Å². The number of nitrogens with one attached hydrogen (secondary N) is 1. The highest BCUT2D eigenvalue weighted by molar-refractivity contribution is 5.99. The van der Waals surface area contributed by atoms with Crippen LogP contribution in [-0.4, -0.2) is 148 Å². The number of fused-ring (bicyclic) bond motifs is 1. The second-order valence-corrected chi connectivity index (χ2v) is 16.0. The number of anilines is 2. The quantitative estimate of drug-likeness (QED) is 0.0819. The zero-order valence-corrected chi connectivity index (χ0v) is 37.9. The summed E-state index contributed by atoms with van der Waals surface area (Å²) in [5.74, 6) is -6.66. The number of amides is 1. The van der Waals surface area contributed by atoms with Gasteiger partial charge in [-0.15, -0.1) is 0 Å². The summed E-state index contributed by atoms with van der Waals surface area (Å²) in [5, 5.41) is 55.8. The van der Waals surface area contributed by atoms with Gasteiger partial charge in [-0.3, -0.25) is 9.69 Å². The summed E-state index contributed by atoms with van der Waals surface area (Å²) >= 11 is 0. The zero-order valence-electron chi connectivity index (χ0n) is 37.9. The van der Waals surface area contributed by atoms with Gasteiger partial charge in [-0.05, 0) is 55.8 Å². The summed E-state index contributed by atoms with van der Waals surface area (Å²) in [4.78, 5) is 84.5. The van der Waals surface area contributed by atoms with Gasteiger partial charge in [-0.1, -0.05) is 50.2 Å². The Kier molecular flexibility index (Phi) is 21.0. The molecule has 1 saturated heterocycles. The highest BCUT2D eigenvalue weighted by atomic mass is 16.5. The van der Waals surface area contributed by atoms with Crippen molar-refractivity contribution < 1.29 is 68.9 Å². The molecule has 0 spiro atoms. The van der Waals surface area contributed by atoms with Crippen LogP contribution in [0.4, 0.5) is 11.5 Å². The molecular weight excluding hydrogens is 889 g/mol. The second-order valence-electron chi connectivity index (χ2n) is 16.0. The highest BCUT2D eigenvalue weighted by Crippen LogP contribution is 2.39. The van der Waals surface area contributed by atoms with Crippen molar-refractivity contribution in [2.75, 3.05) is 51.4 Å². The van der Waals surface area contributed by atoms with Crippen LogP contribution >= 0.6 is 0 Å². The number of carbonyl (C=O) groups excluding carboxylic acids is 1. The Morgan fingerprint density at radius 2 is 1.21 bits per heavy atom. The van der Waals surface area contributed by atoms with E-state index in [1.807, 2.05) is 36.4 Å². The van der Waals surface area contributed by atoms with Crippen molar-refractivity contribution >= 4 is 64.3 Å². The SMILES string of the molecule is COc1cc(-c2nn(C3CCC(N4CCN(C)CC4)CC3)c3ncnc(N)c23)ccc1NC(=O)CC(C)(C)c1ccccc1.O=C(O)/C=C\C(=O)O.O=C(O)/C=C\C(=O)O.O=C(O)/C=C\C(=O)O. The Hall–Kier alpha value is -7.98. The zero-order chi connectivity index (χ0) is 50.6. The van der Waals surface area contributed by atoms with Crippen LogP contribution in [0.15, 0.2) is 91.3 Å². The molecule has 6 rings (SSSR count). The van der Waals surface area contributed by atoms with Gasteiger partial charge in [0.1, 0.15) is 23.6 Å². The van der Waals surface area contributed by atoms with Gasteiger partial charge in [0.25, 0.3) is 0 Å². The Labute approximate surface area is 390 Å². The molecule has 9 N–H and O–H groups in total. The summed E-state index contributed by atoms with van der Waals surface area (Å²) in [6.45, 7) is 8.73. The van der Waals surface area contributed by atoms with E-state index in [-0.39, 0.29) is 17.4 Å². The number of carbonyl (C=O) groups is 7. The Morgan fingerprint density at radius 1 is 0.721 bits per heavy atom. The minimum Gasteiger partial charge on any atom is -0.495 e. The number of nitrogen functional groups attached to an aromatic ring is 1. The van der Waals surface area contributed by atoms with Gasteiger partial charge in [0.05, 0.1) is 24.2 Å². The summed E-state index contributed by atoms with van der Waals surface area (Å²) in [5.41, 5.74) is 10.2. The Balaban J connectivity index is 0.000000419. The van der Waals surface area contributed by atoms with E-state index in [2.05, 4.69) is 62.8 Å². The lowest BCUT2D eigenvalue weighted by molar-refractivity contribution is -0.134. The number of carboxylic acid groups (broad SMARTS) is 6. The second kappa shape index (κ2) is 26.2. The number of aliphatic carboxylic acids is 6. The van der Waals surface area contributed by atoms with Crippen LogP contribution in [0.3, 0.4) is 0 Å². The first-order chi connectivity index (χ1) is 32.1. The predicted molar refractivity (Wildman–Crippen MR) is 248 cm³/mol. The number of rotatable bonds is 14. The van der Waals surface area contributed by atoms with Crippen molar-refractivity contribution in [3.05, 3.63) is 96.9 Å². The number of hydrogen-bond donors (Lipinski definition) is 8. The van der Waals surface area contributed by atoms with Crippen molar-refractivity contribution in [3.8, 4) is 17.0 Å². The molecule has 0 atom stereocenters. The molecule has 0 radical (unpaired) electrons. The molecule has 22 nitrogen and oxygen atoms in total. The summed E-state index contributed by atoms with van der Waals surface area (Å²) in [7, 11) is 3.81. The average molecular weight is 945 g/mol. The first kappa shape index (κ1) is 54.4. The molecule has 2 aliphatic rings. The van der Waals surface area contributed by atoms with Crippen LogP contribution in [0, 0.1) is 0 Å². The molecule has 3 heterocycles. The van der Waals surface area contributed by atoms with E-state index in [1.54, 1.807) is 7.11 Å². The van der Waals surface area contributed by atoms with E-state index < -0.39 is 35.8 Å². The van der Waals surface area contributed by atoms with Gasteiger partial charge < -0.3 is 51.3 Å². The molecule has 0 unspecified atom stereocenters. The van der Waals surface area contributed by atoms with Crippen molar-refractivity contribution in [3.63, 3.8) is 0 Å². The van der Waals surface area contributed by atoms with E-state index in [0.717, 1.165) is 79.7 Å². The summed E-state index contributed by atoms with van der Waals surface area (Å²) in [6, 6.07) is 16.7. The fraction of sp³-hybridized carbons (Fsp3) is 0.348. The third kappa shape index (κ3) is 17.8. The number of methoxy groups -OCH3 is 1. The molecule has 2 aromatic carbocycles. The minimum absolute atomic E-state index is 0.0792. The van der Waals surface area contributed by atoms with E-state index in [9.17, 15) is 33.6 Å². The highest BCUT2D eigenvalue weighted by Gasteiger charge is 2.31. The Morgan fingerprint density at radius 3 is 1.68 bits per heavy atom. The lowest BCUT2D eigenvalue weighted by Crippen LogP contribution is -2.49. The number of piperazine rings is 1. The molecular formula is C46H56N8O14. The largest absolute Gasteiger partial charge is 0.495 e. The molecule has 1 amide bonds. The molecule has 364 valence electrons. The van der Waals surface area contributed by atoms with Crippen LogP contribution in [0.5, 0.6) is 5.75 Å². The van der Waals surface area contributed by atoms with Gasteiger partial charge >= 0.3 is 35.8 Å². The Bertz CT molecular complexity index is 2360. The number of nitrogens with two attached hydrogens (primary N) is 1. The molecule has 1 aliphatic heterocycles. The lowest BCUT2D eigenvalue weighted by atomic mass is 9.81. The van der Waals surface area contributed by atoms with E-state index in [0.29, 0.717) is 66.2 Å². The van der Waals surface area contributed by atoms with Crippen molar-refractivity contribution in [1.82, 2.24) is 29.5 Å². The first-order valence-electron chi connectivity index (χ1n) is 21.0. The number of ether oxygens (including phenoxy) is 1. The number of hydrogen-bond acceptors (Lipinski definition) is 14. The molecule has 22 heteroatoms. The maximum atomic E-state index is 13.1. The van der Waals surface area contributed by atoms with E-state index >= 15 is 0 Å². The summed E-state index contributed by atoms with van der Waals surface area (Å²) in [6.07, 6.45) is 9.59. The normalized spacial score (nSPS) is 16.4. The maximum absolute atomic E-state index is 13.1. The molecule has 2 fully saturated rings. The topological polar surface area (TPSA) is 338 Å². The van der Waals surface area contributed by atoms with Crippen LogP contribution in [0.1, 0.15) is 57.6 Å². The van der Waals surface area contributed by atoms with Crippen LogP contribution in [0.2, 0.25) is 0 Å². The van der Waals surface area contributed by atoms with Crippen LogP contribution in [0.25, 0.3) is 22.3 Å². The molecule has 2 aromatic heterocycles. The molecule has 1 aliphatic carbocycles. The monoisotopic (exact) mass is 944 g/mol. The number of aromatic nitrogens is 4. The van der Waals surface area contributed by atoms with Crippen LogP contribution in [-0.2, 0) is 39.0 Å². The third-order valence-corrected chi connectivity index (χ3v) is 10.6. The summed E-state index contributed by atoms with van der Waals surface area (Å²) < 4.78 is 7.81. The average Bonchev–Trinajstić information content (AvgIpc) is 3.69. The number of benzene rings is 2. The molecule has 4 aromatic rings. The van der Waals surface area contributed by atoms with Crippen molar-refractivity contribution in [1.29, 1.82) is 0 Å². The van der Waals surface area contributed by atoms with Crippen molar-refractivity contribution in [2.24, 2.45) is 0 Å². The predicted octanol–water partition coefficient (Wildman–Crippen LogP) is 4.26. The standard InChI is InChI=1S/C34H44N8O2.3C4H4O4/c1-34(2,24-8-6-5-7-9-24)21-29(43)38-27-15-10-23(20-28(27)44-4)31-30-32(35)36-22-37-33(30)42(39-31)26-13-11-25(12-14-26)41-18-16-40(3)17-19-41;3*5-3(6)1-2-4(7)8/h5-10,15,20,22,25-26H,11-14,16-19,21H2,1-4H3,(H,38,43)(H2,35,36,37);3*1-2H,(H,5,6)(H,7,8)/b;3*2-1-. The van der Waals surface area contributed by atoms with Gasteiger partial charge in [-0.25, -0.2) is 43.4 Å². The number of carboxylic acids is 6. The number of likely N-dealkylation sites (N-methyl/N-ethyl adjacent to an activating group) is 1. The van der Waals surface area contributed by atoms with E-state index in [1.165, 1.54) is 6.33 Å². The third-order valence-electron chi connectivity index (χ3n) is 10.6. The van der Waals surface area contributed by atoms with Gasteiger partial charge in [0, 0.05) is 80.7 Å². The number of nitrogens with zero attached hydrogens (tertiary/aromatic N) is 6. The fourth-order valence-electron chi connectivity index (χ4n) is 7.26.